The zero-order chi connectivity index (χ0) is 24.5. The van der Waals surface area contributed by atoms with Gasteiger partial charge >= 0.3 is 0 Å². The Bertz CT molecular complexity index is 1260. The van der Waals surface area contributed by atoms with Gasteiger partial charge in [0.2, 0.25) is 9.45 Å². The van der Waals surface area contributed by atoms with Crippen LogP contribution in [-0.2, 0) is 15.1 Å². The summed E-state index contributed by atoms with van der Waals surface area (Å²) < 4.78 is -1.82. The summed E-state index contributed by atoms with van der Waals surface area (Å²) in [6, 6.07) is 23.4. The van der Waals surface area contributed by atoms with E-state index in [0.717, 1.165) is 17.3 Å². The molecule has 0 spiro atoms. The average Bonchev–Trinajstić information content (AvgIpc) is 2.83. The Hall–Kier alpha value is -1.66. The maximum atomic E-state index is 13.4. The second-order valence-corrected chi connectivity index (χ2v) is 11.3. The van der Waals surface area contributed by atoms with Crippen molar-refractivity contribution in [2.24, 2.45) is 0 Å². The molecule has 1 saturated heterocycles. The summed E-state index contributed by atoms with van der Waals surface area (Å²) in [7, 11) is 0. The number of amides is 1. The second-order valence-electron chi connectivity index (χ2n) is 7.39. The van der Waals surface area contributed by atoms with E-state index in [2.05, 4.69) is 0 Å². The predicted molar refractivity (Wildman–Crippen MR) is 143 cm³/mol. The molecule has 1 unspecified atom stereocenters. The molecule has 174 valence electrons. The first-order chi connectivity index (χ1) is 16.2. The summed E-state index contributed by atoms with van der Waals surface area (Å²) in [6.45, 7) is 0. The molecular weight excluding hydrogens is 556 g/mol. The molecule has 0 bridgehead atoms. The topological polar surface area (TPSA) is 37.4 Å². The Morgan fingerprint density at radius 3 is 2.21 bits per heavy atom. The normalized spacial score (nSPS) is 19.5. The number of alkyl halides is 4. The second kappa shape index (κ2) is 10.1. The van der Waals surface area contributed by atoms with Crippen LogP contribution in [0, 0.1) is 0 Å². The average molecular weight is 572 g/mol. The van der Waals surface area contributed by atoms with E-state index >= 15 is 0 Å². The molecule has 1 heterocycles. The number of para-hydroxylation sites is 1. The summed E-state index contributed by atoms with van der Waals surface area (Å²) in [5, 5.41) is 0.0643. The number of carbonyl (C=O) groups excluding carboxylic acids is 2. The van der Waals surface area contributed by atoms with E-state index in [-0.39, 0.29) is 0 Å². The van der Waals surface area contributed by atoms with Gasteiger partial charge in [-0.1, -0.05) is 125 Å². The Morgan fingerprint density at radius 2 is 1.53 bits per heavy atom. The maximum Gasteiger partial charge on any atom is 0.267 e. The number of thioether (sulfide) groups is 1. The third-order valence-electron chi connectivity index (χ3n) is 5.42. The van der Waals surface area contributed by atoms with Crippen molar-refractivity contribution in [3.05, 3.63) is 101 Å². The van der Waals surface area contributed by atoms with Crippen LogP contribution in [-0.4, -0.2) is 20.2 Å². The number of carbonyl (C=O) groups is 2. The fraction of sp³-hybridized carbons (Fsp3) is 0.120. The van der Waals surface area contributed by atoms with Crippen LogP contribution in [0.2, 0.25) is 5.02 Å². The molecule has 1 aliphatic rings. The molecule has 4 rings (SSSR count). The SMILES string of the molecule is O=C(Sc1ccccc1N1C(=O)C(Cl)(Cl)C1(/C=C/c1ccccc1Cl)c1ccccc1)C(Cl)Cl. The minimum absolute atomic E-state index is 0.449. The molecule has 0 aromatic heterocycles. The highest BCUT2D eigenvalue weighted by atomic mass is 35.5. The first-order valence-electron chi connectivity index (χ1n) is 10.0. The lowest BCUT2D eigenvalue weighted by Crippen LogP contribution is -2.75. The Balaban J connectivity index is 1.91. The third-order valence-corrected chi connectivity index (χ3v) is 8.32. The molecule has 1 aliphatic heterocycles. The Labute approximate surface area is 226 Å². The van der Waals surface area contributed by atoms with Gasteiger partial charge in [-0.3, -0.25) is 14.5 Å². The molecule has 0 radical (unpaired) electrons. The van der Waals surface area contributed by atoms with Crippen LogP contribution in [0.15, 0.2) is 89.8 Å². The lowest BCUT2D eigenvalue weighted by atomic mass is 9.75. The quantitative estimate of drug-likeness (QED) is 0.172. The number of rotatable bonds is 6. The molecule has 3 aromatic carbocycles. The molecule has 3 aromatic rings. The monoisotopic (exact) mass is 569 g/mol. The van der Waals surface area contributed by atoms with Gasteiger partial charge in [-0.2, -0.15) is 0 Å². The Kier molecular flexibility index (Phi) is 7.58. The standard InChI is InChI=1S/C25H16Cl5NO2S/c26-18-11-5-4-8-16(18)14-15-24(17-9-2-1-3-10-17)25(29,30)23(33)31(24)19-12-6-7-13-20(19)34-22(32)21(27)28/h1-15,21H/b15-14+. The highest BCUT2D eigenvalue weighted by molar-refractivity contribution is 8.14. The van der Waals surface area contributed by atoms with E-state index in [1.54, 1.807) is 42.5 Å². The first-order valence-corrected chi connectivity index (χ1v) is 12.8. The number of anilines is 1. The van der Waals surface area contributed by atoms with Crippen LogP contribution in [0.5, 0.6) is 0 Å². The summed E-state index contributed by atoms with van der Waals surface area (Å²) in [5.74, 6) is -0.530. The van der Waals surface area contributed by atoms with Crippen molar-refractivity contribution in [3.8, 4) is 0 Å². The van der Waals surface area contributed by atoms with Gasteiger partial charge in [-0.05, 0) is 47.2 Å². The van der Waals surface area contributed by atoms with E-state index in [9.17, 15) is 9.59 Å². The van der Waals surface area contributed by atoms with Crippen LogP contribution in [0.25, 0.3) is 6.08 Å². The van der Waals surface area contributed by atoms with Gasteiger partial charge in [0.25, 0.3) is 5.91 Å². The van der Waals surface area contributed by atoms with Crippen molar-refractivity contribution < 1.29 is 9.59 Å². The molecule has 3 nitrogen and oxygen atoms in total. The number of halogens is 5. The van der Waals surface area contributed by atoms with Crippen LogP contribution < -0.4 is 4.90 Å². The summed E-state index contributed by atoms with van der Waals surface area (Å²) in [6.07, 6.45) is 3.54. The zero-order valence-electron chi connectivity index (χ0n) is 17.3. The number of β-lactam (4-membered cyclic amide) rings is 1. The lowest BCUT2D eigenvalue weighted by Gasteiger charge is -2.58. The third kappa shape index (κ3) is 4.37. The fourth-order valence-electron chi connectivity index (χ4n) is 3.83. The molecule has 1 amide bonds. The van der Waals surface area contributed by atoms with E-state index in [1.165, 1.54) is 4.90 Å². The number of hydrogen-bond acceptors (Lipinski definition) is 3. The van der Waals surface area contributed by atoms with Crippen molar-refractivity contribution in [3.63, 3.8) is 0 Å². The fourth-order valence-corrected chi connectivity index (χ4v) is 5.69. The zero-order valence-corrected chi connectivity index (χ0v) is 21.9. The number of hydrogen-bond donors (Lipinski definition) is 0. The van der Waals surface area contributed by atoms with Gasteiger partial charge in [-0.15, -0.1) is 0 Å². The van der Waals surface area contributed by atoms with E-state index in [0.29, 0.717) is 21.2 Å². The van der Waals surface area contributed by atoms with E-state index in [4.69, 9.17) is 58.0 Å². The van der Waals surface area contributed by atoms with Crippen LogP contribution in [0.1, 0.15) is 11.1 Å². The van der Waals surface area contributed by atoms with E-state index in [1.807, 2.05) is 48.5 Å². The summed E-state index contributed by atoms with van der Waals surface area (Å²) in [4.78, 5) is 26.4. The van der Waals surface area contributed by atoms with Gasteiger partial charge in [0.1, 0.15) is 5.54 Å². The summed E-state index contributed by atoms with van der Waals surface area (Å²) >= 11 is 32.2. The van der Waals surface area contributed by atoms with Gasteiger partial charge in [0, 0.05) is 9.92 Å². The molecule has 0 N–H and O–H groups in total. The number of benzene rings is 3. The predicted octanol–water partition coefficient (Wildman–Crippen LogP) is 7.89. The minimum Gasteiger partial charge on any atom is -0.291 e. The van der Waals surface area contributed by atoms with Gasteiger partial charge in [0.15, 0.2) is 4.84 Å². The van der Waals surface area contributed by atoms with Crippen LogP contribution in [0.3, 0.4) is 0 Å². The van der Waals surface area contributed by atoms with Crippen LogP contribution >= 0.6 is 69.8 Å². The maximum absolute atomic E-state index is 13.4. The van der Waals surface area contributed by atoms with Crippen molar-refractivity contribution in [2.45, 2.75) is 19.6 Å². The van der Waals surface area contributed by atoms with Gasteiger partial charge in [0.05, 0.1) is 5.69 Å². The summed E-state index contributed by atoms with van der Waals surface area (Å²) in [5.41, 5.74) is 0.563. The molecule has 0 saturated carbocycles. The van der Waals surface area contributed by atoms with Gasteiger partial charge < -0.3 is 0 Å². The lowest BCUT2D eigenvalue weighted by molar-refractivity contribution is -0.127. The van der Waals surface area contributed by atoms with Crippen molar-refractivity contribution >= 4 is 92.6 Å². The largest absolute Gasteiger partial charge is 0.291 e. The van der Waals surface area contributed by atoms with Crippen molar-refractivity contribution in [1.82, 2.24) is 0 Å². The van der Waals surface area contributed by atoms with E-state index < -0.39 is 25.7 Å². The molecule has 9 heteroatoms. The highest BCUT2D eigenvalue weighted by Gasteiger charge is 2.71. The number of nitrogens with zero attached hydrogens (tertiary/aromatic N) is 1. The smallest absolute Gasteiger partial charge is 0.267 e. The molecule has 34 heavy (non-hydrogen) atoms. The van der Waals surface area contributed by atoms with Gasteiger partial charge in [-0.25, -0.2) is 0 Å². The highest BCUT2D eigenvalue weighted by Crippen LogP contribution is 2.59. The molecule has 0 aliphatic carbocycles. The van der Waals surface area contributed by atoms with Crippen molar-refractivity contribution in [1.29, 1.82) is 0 Å². The minimum atomic E-state index is -1.82. The molecule has 1 atom stereocenters. The van der Waals surface area contributed by atoms with Crippen molar-refractivity contribution in [2.75, 3.05) is 4.90 Å². The molecular formula is C25H16Cl5NO2S. The molecule has 1 fully saturated rings. The first kappa shape index (κ1) is 25.4. The van der Waals surface area contributed by atoms with Crippen LogP contribution in [0.4, 0.5) is 5.69 Å². The Morgan fingerprint density at radius 1 is 0.912 bits per heavy atom.